The van der Waals surface area contributed by atoms with E-state index in [1.54, 1.807) is 18.9 Å². The third kappa shape index (κ3) is 5.24. The molecule has 3 rings (SSSR count). The summed E-state index contributed by atoms with van der Waals surface area (Å²) in [4.78, 5) is 26.0. The number of hydrogen-bond acceptors (Lipinski definition) is 5. The molecule has 0 saturated heterocycles. The molecule has 0 aliphatic rings. The molecule has 1 aromatic heterocycles. The number of thiophene rings is 1. The molecule has 0 unspecified atom stereocenters. The van der Waals surface area contributed by atoms with Crippen molar-refractivity contribution < 1.29 is 14.3 Å². The van der Waals surface area contributed by atoms with Crippen LogP contribution in [0, 0.1) is 0 Å². The lowest BCUT2D eigenvalue weighted by molar-refractivity contribution is -0.114. The number of ether oxygens (including phenoxy) is 1. The Kier molecular flexibility index (Phi) is 6.90. The summed E-state index contributed by atoms with van der Waals surface area (Å²) in [5.74, 6) is 0.764. The Morgan fingerprint density at radius 2 is 1.82 bits per heavy atom. The fourth-order valence-corrected chi connectivity index (χ4v) is 4.68. The van der Waals surface area contributed by atoms with Gasteiger partial charge < -0.3 is 10.1 Å². The molecule has 28 heavy (non-hydrogen) atoms. The zero-order chi connectivity index (χ0) is 19.9. The maximum absolute atomic E-state index is 12.8. The predicted octanol–water partition coefficient (Wildman–Crippen LogP) is 5.82. The van der Waals surface area contributed by atoms with E-state index in [4.69, 9.17) is 4.74 Å². The summed E-state index contributed by atoms with van der Waals surface area (Å²) < 4.78 is 5.25. The second-order valence-electron chi connectivity index (χ2n) is 6.16. The number of carbonyl (C=O) groups excluding carboxylic acids is 2. The maximum Gasteiger partial charge on any atom is 0.221 e. The van der Waals surface area contributed by atoms with Gasteiger partial charge in [0.25, 0.3) is 0 Å². The summed E-state index contributed by atoms with van der Waals surface area (Å²) >= 11 is 3.03. The van der Waals surface area contributed by atoms with Gasteiger partial charge in [-0.3, -0.25) is 9.59 Å². The fourth-order valence-electron chi connectivity index (χ4n) is 2.77. The molecular formula is C22H21NO3S2. The van der Waals surface area contributed by atoms with E-state index in [9.17, 15) is 9.59 Å². The summed E-state index contributed by atoms with van der Waals surface area (Å²) in [5.41, 5.74) is 1.79. The van der Waals surface area contributed by atoms with Gasteiger partial charge in [-0.1, -0.05) is 30.3 Å². The van der Waals surface area contributed by atoms with Gasteiger partial charge in [-0.15, -0.1) is 23.1 Å². The highest BCUT2D eigenvalue weighted by atomic mass is 32.2. The van der Waals surface area contributed by atoms with Crippen LogP contribution in [0.1, 0.15) is 33.8 Å². The number of carbonyl (C=O) groups is 2. The predicted molar refractivity (Wildman–Crippen MR) is 116 cm³/mol. The van der Waals surface area contributed by atoms with Crippen molar-refractivity contribution in [3.8, 4) is 5.75 Å². The van der Waals surface area contributed by atoms with Gasteiger partial charge in [0.1, 0.15) is 5.75 Å². The number of methoxy groups -OCH3 is 1. The lowest BCUT2D eigenvalue weighted by atomic mass is 10.1. The third-order valence-electron chi connectivity index (χ3n) is 4.12. The van der Waals surface area contributed by atoms with Crippen LogP contribution >= 0.6 is 23.1 Å². The highest BCUT2D eigenvalue weighted by molar-refractivity contribution is 7.99. The molecule has 0 radical (unpaired) electrons. The van der Waals surface area contributed by atoms with Crippen LogP contribution in [0.25, 0.3) is 0 Å². The normalized spacial score (nSPS) is 11.6. The van der Waals surface area contributed by atoms with E-state index in [1.807, 2.05) is 66.0 Å². The molecule has 2 aromatic carbocycles. The molecule has 4 nitrogen and oxygen atoms in total. The zero-order valence-electron chi connectivity index (χ0n) is 15.7. The molecule has 3 aromatic rings. The number of thioether (sulfide) groups is 1. The molecule has 1 atom stereocenters. The van der Waals surface area contributed by atoms with Crippen LogP contribution in [-0.4, -0.2) is 18.8 Å². The van der Waals surface area contributed by atoms with Gasteiger partial charge in [-0.2, -0.15) is 0 Å². The van der Waals surface area contributed by atoms with Crippen LogP contribution in [0.4, 0.5) is 5.69 Å². The van der Waals surface area contributed by atoms with Crippen molar-refractivity contribution in [1.29, 1.82) is 0 Å². The van der Waals surface area contributed by atoms with Crippen molar-refractivity contribution >= 4 is 40.5 Å². The summed E-state index contributed by atoms with van der Waals surface area (Å²) in [7, 11) is 1.63. The zero-order valence-corrected chi connectivity index (χ0v) is 17.3. The molecule has 0 aliphatic heterocycles. The maximum atomic E-state index is 12.8. The Morgan fingerprint density at radius 3 is 2.46 bits per heavy atom. The number of Topliss-reactive ketones (excluding diaryl/α,β-unsaturated/α-hetero) is 1. The van der Waals surface area contributed by atoms with E-state index in [0.29, 0.717) is 6.42 Å². The molecule has 6 heteroatoms. The first-order chi connectivity index (χ1) is 13.6. The van der Waals surface area contributed by atoms with Gasteiger partial charge in [0.05, 0.1) is 17.7 Å². The summed E-state index contributed by atoms with van der Waals surface area (Å²) in [6.07, 6.45) is 0.367. The molecule has 0 bridgehead atoms. The monoisotopic (exact) mass is 411 g/mol. The minimum absolute atomic E-state index is 0.0876. The van der Waals surface area contributed by atoms with Crippen molar-refractivity contribution in [1.82, 2.24) is 0 Å². The lowest BCUT2D eigenvalue weighted by Crippen LogP contribution is -2.08. The van der Waals surface area contributed by atoms with Crippen LogP contribution in [0.3, 0.4) is 0 Å². The number of anilines is 1. The first-order valence-electron chi connectivity index (χ1n) is 8.80. The lowest BCUT2D eigenvalue weighted by Gasteiger charge is -2.19. The van der Waals surface area contributed by atoms with Crippen LogP contribution in [0.2, 0.25) is 0 Å². The Balaban J connectivity index is 1.89. The van der Waals surface area contributed by atoms with Crippen molar-refractivity contribution in [2.24, 2.45) is 0 Å². The van der Waals surface area contributed by atoms with Crippen molar-refractivity contribution in [3.05, 3.63) is 76.5 Å². The Bertz CT molecular complexity index is 937. The number of benzene rings is 2. The van der Waals surface area contributed by atoms with E-state index < -0.39 is 0 Å². The average molecular weight is 412 g/mol. The van der Waals surface area contributed by atoms with E-state index >= 15 is 0 Å². The minimum Gasteiger partial charge on any atom is -0.497 e. The topological polar surface area (TPSA) is 55.4 Å². The molecular weight excluding hydrogens is 390 g/mol. The second-order valence-corrected chi connectivity index (χ2v) is 8.35. The van der Waals surface area contributed by atoms with Gasteiger partial charge in [0.2, 0.25) is 5.91 Å². The van der Waals surface area contributed by atoms with Crippen LogP contribution in [0.15, 0.2) is 70.9 Å². The minimum atomic E-state index is -0.122. The van der Waals surface area contributed by atoms with Crippen LogP contribution in [0.5, 0.6) is 5.75 Å². The molecule has 1 N–H and O–H groups in total. The highest BCUT2D eigenvalue weighted by Gasteiger charge is 2.21. The number of para-hydroxylation sites is 1. The van der Waals surface area contributed by atoms with Gasteiger partial charge in [0, 0.05) is 23.5 Å². The Hall–Kier alpha value is -2.57. The van der Waals surface area contributed by atoms with Crippen molar-refractivity contribution in [2.45, 2.75) is 23.5 Å². The Morgan fingerprint density at radius 1 is 1.07 bits per heavy atom. The largest absolute Gasteiger partial charge is 0.497 e. The van der Waals surface area contributed by atoms with Crippen molar-refractivity contribution in [2.75, 3.05) is 12.4 Å². The molecule has 0 aliphatic carbocycles. The van der Waals surface area contributed by atoms with E-state index in [1.165, 1.54) is 18.3 Å². The number of amides is 1. The average Bonchev–Trinajstić information content (AvgIpc) is 3.23. The molecule has 144 valence electrons. The SMILES string of the molecule is COc1ccc([C@@H](CC(=O)c2cccs2)Sc2ccccc2NC(C)=O)cc1. The van der Waals surface area contributed by atoms with Gasteiger partial charge in [0.15, 0.2) is 5.78 Å². The fraction of sp³-hybridized carbons (Fsp3) is 0.182. The molecule has 1 amide bonds. The van der Waals surface area contributed by atoms with Crippen molar-refractivity contribution in [3.63, 3.8) is 0 Å². The quantitative estimate of drug-likeness (QED) is 0.375. The standard InChI is InChI=1S/C22H21NO3S2/c1-15(24)23-18-6-3-4-7-20(18)28-22(14-19(25)21-8-5-13-27-21)16-9-11-17(26-2)12-10-16/h3-13,22H,14H2,1-2H3,(H,23,24)/t22-/m1/s1. The summed E-state index contributed by atoms with van der Waals surface area (Å²) in [6, 6.07) is 19.2. The third-order valence-corrected chi connectivity index (χ3v) is 6.37. The smallest absolute Gasteiger partial charge is 0.221 e. The summed E-state index contributed by atoms with van der Waals surface area (Å²) in [5, 5.41) is 4.69. The molecule has 0 spiro atoms. The molecule has 1 heterocycles. The molecule has 0 fully saturated rings. The first kappa shape index (κ1) is 20.2. The van der Waals surface area contributed by atoms with E-state index in [0.717, 1.165) is 26.8 Å². The van der Waals surface area contributed by atoms with Gasteiger partial charge in [-0.05, 0) is 41.3 Å². The number of rotatable bonds is 8. The van der Waals surface area contributed by atoms with Gasteiger partial charge in [-0.25, -0.2) is 0 Å². The molecule has 0 saturated carbocycles. The van der Waals surface area contributed by atoms with E-state index in [2.05, 4.69) is 5.32 Å². The summed E-state index contributed by atoms with van der Waals surface area (Å²) in [6.45, 7) is 1.49. The van der Waals surface area contributed by atoms with Gasteiger partial charge >= 0.3 is 0 Å². The number of ketones is 1. The van der Waals surface area contributed by atoms with Crippen LogP contribution < -0.4 is 10.1 Å². The Labute approximate surface area is 172 Å². The van der Waals surface area contributed by atoms with Crippen LogP contribution in [-0.2, 0) is 4.79 Å². The second kappa shape index (κ2) is 9.57. The number of nitrogens with one attached hydrogen (secondary N) is 1. The highest BCUT2D eigenvalue weighted by Crippen LogP contribution is 2.42. The number of hydrogen-bond donors (Lipinski definition) is 1. The first-order valence-corrected chi connectivity index (χ1v) is 10.6. The van der Waals surface area contributed by atoms with E-state index in [-0.39, 0.29) is 16.9 Å².